The molecule has 0 aliphatic heterocycles. The van der Waals surface area contributed by atoms with Gasteiger partial charge in [-0.05, 0) is 30.6 Å². The first-order valence-electron chi connectivity index (χ1n) is 7.70. The zero-order chi connectivity index (χ0) is 15.1. The quantitative estimate of drug-likeness (QED) is 0.693. The Labute approximate surface area is 134 Å². The van der Waals surface area contributed by atoms with E-state index >= 15 is 0 Å². The summed E-state index contributed by atoms with van der Waals surface area (Å²) in [6, 6.07) is -0.554. The van der Waals surface area contributed by atoms with Gasteiger partial charge in [-0.3, -0.25) is 9.59 Å². The molecule has 0 spiro atoms. The molecule has 0 aromatic carbocycles. The fourth-order valence-electron chi connectivity index (χ4n) is 2.65. The van der Waals surface area contributed by atoms with Crippen molar-refractivity contribution in [2.45, 2.75) is 52.5 Å². The second kappa shape index (κ2) is 10.0. The number of nitrogens with one attached hydrogen (secondary N) is 2. The number of nitrogens with two attached hydrogens (primary N) is 1. The molecule has 0 aromatic rings. The second-order valence-electron chi connectivity index (χ2n) is 6.43. The van der Waals surface area contributed by atoms with Crippen molar-refractivity contribution >= 4 is 24.2 Å². The van der Waals surface area contributed by atoms with E-state index < -0.39 is 6.04 Å². The lowest BCUT2D eigenvalue weighted by Gasteiger charge is -2.26. The third kappa shape index (κ3) is 7.67. The predicted molar refractivity (Wildman–Crippen MR) is 87.2 cm³/mol. The molecule has 1 fully saturated rings. The van der Waals surface area contributed by atoms with Crippen LogP contribution in [0.2, 0.25) is 0 Å². The van der Waals surface area contributed by atoms with Crippen LogP contribution in [0.25, 0.3) is 0 Å². The van der Waals surface area contributed by atoms with Crippen LogP contribution in [0.1, 0.15) is 46.5 Å². The Morgan fingerprint density at radius 2 is 1.90 bits per heavy atom. The van der Waals surface area contributed by atoms with Crippen LogP contribution < -0.4 is 16.4 Å². The molecule has 6 heteroatoms. The number of hydrogen-bond acceptors (Lipinski definition) is 3. The van der Waals surface area contributed by atoms with Gasteiger partial charge in [-0.2, -0.15) is 0 Å². The Morgan fingerprint density at radius 1 is 1.24 bits per heavy atom. The fourth-order valence-corrected chi connectivity index (χ4v) is 2.65. The van der Waals surface area contributed by atoms with Crippen molar-refractivity contribution in [3.05, 3.63) is 0 Å². The molecule has 0 bridgehead atoms. The zero-order valence-electron chi connectivity index (χ0n) is 13.4. The van der Waals surface area contributed by atoms with Gasteiger partial charge in [0, 0.05) is 6.54 Å². The lowest BCUT2D eigenvalue weighted by atomic mass is 9.82. The van der Waals surface area contributed by atoms with Crippen LogP contribution >= 0.6 is 12.4 Å². The normalized spacial score (nSPS) is 23.1. The SMILES string of the molecule is CC1CCCC(CNC(=O)CNC(=O)[C@@H](N)C(C)C)C1.Cl. The van der Waals surface area contributed by atoms with Gasteiger partial charge in [-0.25, -0.2) is 0 Å². The first-order chi connectivity index (χ1) is 9.40. The van der Waals surface area contributed by atoms with E-state index in [0.717, 1.165) is 12.5 Å². The summed E-state index contributed by atoms with van der Waals surface area (Å²) >= 11 is 0. The maximum absolute atomic E-state index is 11.7. The minimum Gasteiger partial charge on any atom is -0.354 e. The van der Waals surface area contributed by atoms with Gasteiger partial charge in [0.2, 0.25) is 11.8 Å². The van der Waals surface area contributed by atoms with E-state index in [1.165, 1.54) is 25.7 Å². The Kier molecular flexibility index (Phi) is 9.62. The van der Waals surface area contributed by atoms with Crippen LogP contribution in [-0.4, -0.2) is 30.9 Å². The molecule has 5 nitrogen and oxygen atoms in total. The van der Waals surface area contributed by atoms with Gasteiger partial charge in [-0.15, -0.1) is 12.4 Å². The van der Waals surface area contributed by atoms with Gasteiger partial charge >= 0.3 is 0 Å². The van der Waals surface area contributed by atoms with Gasteiger partial charge in [0.05, 0.1) is 12.6 Å². The molecule has 0 radical (unpaired) electrons. The summed E-state index contributed by atoms with van der Waals surface area (Å²) in [6.45, 7) is 6.77. The van der Waals surface area contributed by atoms with Gasteiger partial charge in [-0.1, -0.05) is 33.6 Å². The number of halogens is 1. The number of amides is 2. The maximum atomic E-state index is 11.7. The lowest BCUT2D eigenvalue weighted by molar-refractivity contribution is -0.127. The zero-order valence-corrected chi connectivity index (χ0v) is 14.2. The fraction of sp³-hybridized carbons (Fsp3) is 0.867. The smallest absolute Gasteiger partial charge is 0.239 e. The van der Waals surface area contributed by atoms with Gasteiger partial charge in [0.15, 0.2) is 0 Å². The molecule has 1 aliphatic rings. The molecule has 0 heterocycles. The molecule has 1 aliphatic carbocycles. The van der Waals surface area contributed by atoms with Gasteiger partial charge < -0.3 is 16.4 Å². The number of carbonyl (C=O) groups is 2. The molecule has 1 saturated carbocycles. The Balaban J connectivity index is 0.00000400. The van der Waals surface area contributed by atoms with Crippen molar-refractivity contribution in [1.82, 2.24) is 10.6 Å². The summed E-state index contributed by atoms with van der Waals surface area (Å²) in [5.74, 6) is 1.02. The largest absolute Gasteiger partial charge is 0.354 e. The van der Waals surface area contributed by atoms with E-state index in [1.54, 1.807) is 0 Å². The molecular weight excluding hydrogens is 290 g/mol. The summed E-state index contributed by atoms with van der Waals surface area (Å²) < 4.78 is 0. The molecule has 1 rings (SSSR count). The first-order valence-corrected chi connectivity index (χ1v) is 7.70. The highest BCUT2D eigenvalue weighted by molar-refractivity contribution is 5.87. The molecule has 0 saturated heterocycles. The van der Waals surface area contributed by atoms with E-state index in [-0.39, 0.29) is 36.7 Å². The third-order valence-corrected chi connectivity index (χ3v) is 4.08. The summed E-state index contributed by atoms with van der Waals surface area (Å²) in [7, 11) is 0. The standard InChI is InChI=1S/C15H29N3O2.ClH/c1-10(2)14(16)15(20)18-9-13(19)17-8-12-6-4-5-11(3)7-12;/h10-12,14H,4-9,16H2,1-3H3,(H,17,19)(H,18,20);1H/t11?,12?,14-;/m0./s1. The van der Waals surface area contributed by atoms with Crippen molar-refractivity contribution < 1.29 is 9.59 Å². The molecule has 124 valence electrons. The summed E-state index contributed by atoms with van der Waals surface area (Å²) in [5, 5.41) is 5.49. The van der Waals surface area contributed by atoms with Crippen molar-refractivity contribution in [2.75, 3.05) is 13.1 Å². The highest BCUT2D eigenvalue weighted by Crippen LogP contribution is 2.27. The van der Waals surface area contributed by atoms with Crippen molar-refractivity contribution in [2.24, 2.45) is 23.5 Å². The van der Waals surface area contributed by atoms with Crippen molar-refractivity contribution in [3.8, 4) is 0 Å². The molecule has 2 amide bonds. The Bertz CT molecular complexity index is 337. The van der Waals surface area contributed by atoms with Crippen LogP contribution in [0, 0.1) is 17.8 Å². The molecule has 0 aromatic heterocycles. The summed E-state index contributed by atoms with van der Waals surface area (Å²) in [5.41, 5.74) is 5.71. The van der Waals surface area contributed by atoms with Crippen LogP contribution in [0.5, 0.6) is 0 Å². The number of carbonyl (C=O) groups excluding carboxylic acids is 2. The van der Waals surface area contributed by atoms with E-state index in [9.17, 15) is 9.59 Å². The highest BCUT2D eigenvalue weighted by atomic mass is 35.5. The van der Waals surface area contributed by atoms with Crippen molar-refractivity contribution in [1.29, 1.82) is 0 Å². The van der Waals surface area contributed by atoms with Crippen LogP contribution in [0.15, 0.2) is 0 Å². The summed E-state index contributed by atoms with van der Waals surface area (Å²) in [6.07, 6.45) is 4.93. The molecular formula is C15H30ClN3O2. The number of rotatable bonds is 6. The average molecular weight is 320 g/mol. The van der Waals surface area contributed by atoms with Crippen LogP contribution in [-0.2, 0) is 9.59 Å². The van der Waals surface area contributed by atoms with Crippen molar-refractivity contribution in [3.63, 3.8) is 0 Å². The minimum absolute atomic E-state index is 0. The minimum atomic E-state index is -0.554. The third-order valence-electron chi connectivity index (χ3n) is 4.08. The van der Waals surface area contributed by atoms with E-state index in [1.807, 2.05) is 13.8 Å². The molecule has 3 atom stereocenters. The van der Waals surface area contributed by atoms with Gasteiger partial charge in [0.25, 0.3) is 0 Å². The Morgan fingerprint density at radius 3 is 2.48 bits per heavy atom. The summed E-state index contributed by atoms with van der Waals surface area (Å²) in [4.78, 5) is 23.3. The number of hydrogen-bond donors (Lipinski definition) is 3. The molecule has 21 heavy (non-hydrogen) atoms. The monoisotopic (exact) mass is 319 g/mol. The van der Waals surface area contributed by atoms with E-state index in [4.69, 9.17) is 5.73 Å². The van der Waals surface area contributed by atoms with E-state index in [0.29, 0.717) is 5.92 Å². The second-order valence-corrected chi connectivity index (χ2v) is 6.43. The highest BCUT2D eigenvalue weighted by Gasteiger charge is 2.20. The van der Waals surface area contributed by atoms with Crippen LogP contribution in [0.3, 0.4) is 0 Å². The predicted octanol–water partition coefficient (Wildman–Crippen LogP) is 1.45. The van der Waals surface area contributed by atoms with Crippen LogP contribution in [0.4, 0.5) is 0 Å². The maximum Gasteiger partial charge on any atom is 0.239 e. The topological polar surface area (TPSA) is 84.2 Å². The molecule has 4 N–H and O–H groups in total. The van der Waals surface area contributed by atoms with Gasteiger partial charge in [0.1, 0.15) is 0 Å². The van der Waals surface area contributed by atoms with E-state index in [2.05, 4.69) is 17.6 Å². The Hall–Kier alpha value is -0.810. The first kappa shape index (κ1) is 20.2. The average Bonchev–Trinajstić information content (AvgIpc) is 2.41. The lowest BCUT2D eigenvalue weighted by Crippen LogP contribution is -2.47. The molecule has 2 unspecified atom stereocenters.